The standard InChI is InChI=1S/C20H21N3O/c24-20(11-15-3-1-2-4-15)17-7-5-16(6-8-17)12-23-10-9-18-19(13-23)22-14-21-18/h5-10,13-15H,1-4,11-12H2. The predicted molar refractivity (Wildman–Crippen MR) is 93.1 cm³/mol. The second-order valence-corrected chi connectivity index (χ2v) is 6.74. The summed E-state index contributed by atoms with van der Waals surface area (Å²) in [6, 6.07) is 10.0. The number of Topliss-reactive ketones (excluding diaryl/α,β-unsaturated/α-hetero) is 1. The zero-order chi connectivity index (χ0) is 16.4. The molecule has 3 aliphatic rings. The van der Waals surface area contributed by atoms with Crippen molar-refractivity contribution in [2.75, 3.05) is 0 Å². The molecule has 1 aliphatic carbocycles. The number of fused-ring (bicyclic) bond motifs is 1. The molecule has 24 heavy (non-hydrogen) atoms. The minimum absolute atomic E-state index is 0.287. The van der Waals surface area contributed by atoms with Crippen molar-refractivity contribution < 1.29 is 4.79 Å². The molecule has 0 radical (unpaired) electrons. The van der Waals surface area contributed by atoms with Crippen LogP contribution in [0.5, 0.6) is 0 Å². The molecule has 1 saturated carbocycles. The first-order valence-corrected chi connectivity index (χ1v) is 8.66. The number of carbonyl (C=O) groups is 1. The fourth-order valence-corrected chi connectivity index (χ4v) is 3.58. The van der Waals surface area contributed by atoms with Crippen molar-refractivity contribution in [2.24, 2.45) is 5.92 Å². The molecule has 122 valence electrons. The van der Waals surface area contributed by atoms with Crippen LogP contribution in [0.3, 0.4) is 0 Å². The van der Waals surface area contributed by atoms with E-state index in [1.165, 1.54) is 31.2 Å². The molecule has 0 unspecified atom stereocenters. The molecule has 0 bridgehead atoms. The summed E-state index contributed by atoms with van der Waals surface area (Å²) in [5.74, 6) is 0.889. The smallest absolute Gasteiger partial charge is 0.163 e. The van der Waals surface area contributed by atoms with E-state index in [0.717, 1.165) is 23.5 Å². The van der Waals surface area contributed by atoms with E-state index in [1.807, 2.05) is 30.6 Å². The number of hydrogen-bond acceptors (Lipinski definition) is 3. The van der Waals surface area contributed by atoms with E-state index in [9.17, 15) is 4.79 Å². The van der Waals surface area contributed by atoms with E-state index in [-0.39, 0.29) is 5.78 Å². The maximum atomic E-state index is 12.4. The van der Waals surface area contributed by atoms with E-state index < -0.39 is 0 Å². The fourth-order valence-electron chi connectivity index (χ4n) is 3.58. The summed E-state index contributed by atoms with van der Waals surface area (Å²) in [7, 11) is 0. The Hall–Kier alpha value is -2.49. The molecule has 0 N–H and O–H groups in total. The zero-order valence-corrected chi connectivity index (χ0v) is 13.7. The number of pyridine rings is 1. The molecule has 4 nitrogen and oxygen atoms in total. The third-order valence-corrected chi connectivity index (χ3v) is 4.96. The van der Waals surface area contributed by atoms with Crippen LogP contribution in [0, 0.1) is 5.92 Å². The number of hydrogen-bond donors (Lipinski definition) is 0. The van der Waals surface area contributed by atoms with E-state index in [1.54, 1.807) is 6.33 Å². The molecule has 0 atom stereocenters. The van der Waals surface area contributed by atoms with Crippen molar-refractivity contribution in [2.45, 2.75) is 38.6 Å². The lowest BCUT2D eigenvalue weighted by molar-refractivity contribution is 0.0962. The minimum Gasteiger partial charge on any atom is -0.348 e. The van der Waals surface area contributed by atoms with Crippen LogP contribution in [0.4, 0.5) is 0 Å². The van der Waals surface area contributed by atoms with Crippen LogP contribution in [0.15, 0.2) is 49.1 Å². The molecular formula is C20H21N3O. The molecule has 4 heteroatoms. The van der Waals surface area contributed by atoms with E-state index in [4.69, 9.17) is 0 Å². The van der Waals surface area contributed by atoms with Crippen LogP contribution < -0.4 is 0 Å². The van der Waals surface area contributed by atoms with Gasteiger partial charge < -0.3 is 4.57 Å². The van der Waals surface area contributed by atoms with Crippen molar-refractivity contribution in [3.8, 4) is 11.4 Å². The summed E-state index contributed by atoms with van der Waals surface area (Å²) in [6.45, 7) is 0.764. The van der Waals surface area contributed by atoms with Crippen LogP contribution in [-0.4, -0.2) is 20.3 Å². The zero-order valence-electron chi connectivity index (χ0n) is 13.7. The largest absolute Gasteiger partial charge is 0.348 e. The topological polar surface area (TPSA) is 47.8 Å². The normalized spacial score (nSPS) is 15.2. The maximum Gasteiger partial charge on any atom is 0.163 e. The van der Waals surface area contributed by atoms with Crippen molar-refractivity contribution in [3.05, 3.63) is 60.2 Å². The van der Waals surface area contributed by atoms with Crippen LogP contribution >= 0.6 is 0 Å². The molecule has 0 aromatic heterocycles. The van der Waals surface area contributed by atoms with E-state index in [2.05, 4.69) is 26.7 Å². The van der Waals surface area contributed by atoms with E-state index >= 15 is 0 Å². The first kappa shape index (κ1) is 15.1. The molecule has 2 heterocycles. The Kier molecular flexibility index (Phi) is 4.11. The van der Waals surface area contributed by atoms with Crippen LogP contribution in [0.1, 0.15) is 48.0 Å². The Morgan fingerprint density at radius 3 is 2.58 bits per heavy atom. The summed E-state index contributed by atoms with van der Waals surface area (Å²) in [5.41, 5.74) is 3.84. The Morgan fingerprint density at radius 2 is 1.79 bits per heavy atom. The Morgan fingerprint density at radius 1 is 1.04 bits per heavy atom. The highest BCUT2D eigenvalue weighted by atomic mass is 16.1. The Labute approximate surface area is 141 Å². The van der Waals surface area contributed by atoms with Gasteiger partial charge in [-0.2, -0.15) is 0 Å². The molecule has 2 aliphatic heterocycles. The lowest BCUT2D eigenvalue weighted by atomic mass is 9.96. The van der Waals surface area contributed by atoms with Gasteiger partial charge in [0.2, 0.25) is 0 Å². The van der Waals surface area contributed by atoms with Crippen LogP contribution in [-0.2, 0) is 6.54 Å². The van der Waals surface area contributed by atoms with Gasteiger partial charge in [0.1, 0.15) is 12.0 Å². The maximum absolute atomic E-state index is 12.4. The van der Waals surface area contributed by atoms with Crippen molar-refractivity contribution in [3.63, 3.8) is 0 Å². The van der Waals surface area contributed by atoms with Crippen LogP contribution in [0.2, 0.25) is 0 Å². The highest BCUT2D eigenvalue weighted by molar-refractivity contribution is 5.96. The SMILES string of the molecule is O=C(CC1CCCC1)c1ccc(Cn2ccc3ncnc-3c2)cc1. The van der Waals surface area contributed by atoms with Crippen molar-refractivity contribution in [1.82, 2.24) is 14.5 Å². The summed E-state index contributed by atoms with van der Waals surface area (Å²) >= 11 is 0. The van der Waals surface area contributed by atoms with Crippen LogP contribution in [0.25, 0.3) is 11.4 Å². The number of ketones is 1. The molecule has 0 saturated heterocycles. The minimum atomic E-state index is 0.287. The first-order valence-electron chi connectivity index (χ1n) is 8.66. The average molecular weight is 319 g/mol. The highest BCUT2D eigenvalue weighted by Gasteiger charge is 2.19. The van der Waals surface area contributed by atoms with Gasteiger partial charge >= 0.3 is 0 Å². The van der Waals surface area contributed by atoms with Crippen molar-refractivity contribution in [1.29, 1.82) is 0 Å². The predicted octanol–water partition coefficient (Wildman–Crippen LogP) is 4.19. The summed E-state index contributed by atoms with van der Waals surface area (Å²) in [5, 5.41) is 0. The summed E-state index contributed by atoms with van der Waals surface area (Å²) < 4.78 is 2.09. The van der Waals surface area contributed by atoms with E-state index in [0.29, 0.717) is 12.3 Å². The van der Waals surface area contributed by atoms with Gasteiger partial charge in [-0.1, -0.05) is 49.9 Å². The number of carbonyl (C=O) groups excluding carboxylic acids is 1. The summed E-state index contributed by atoms with van der Waals surface area (Å²) in [6.07, 6.45) is 11.3. The van der Waals surface area contributed by atoms with Gasteiger partial charge in [0.25, 0.3) is 0 Å². The Bertz CT molecular complexity index is 800. The summed E-state index contributed by atoms with van der Waals surface area (Å²) in [4.78, 5) is 20.8. The second kappa shape index (κ2) is 6.56. The number of rotatable bonds is 5. The molecule has 1 fully saturated rings. The van der Waals surface area contributed by atoms with Gasteiger partial charge in [-0.25, -0.2) is 9.97 Å². The highest BCUT2D eigenvalue weighted by Crippen LogP contribution is 2.28. The average Bonchev–Trinajstić information content (AvgIpc) is 3.26. The van der Waals surface area contributed by atoms with Gasteiger partial charge in [0.05, 0.1) is 5.69 Å². The quantitative estimate of drug-likeness (QED) is 0.662. The molecule has 4 rings (SSSR count). The molecular weight excluding hydrogens is 298 g/mol. The third kappa shape index (κ3) is 3.23. The van der Waals surface area contributed by atoms with Gasteiger partial charge in [0.15, 0.2) is 5.78 Å². The molecule has 0 spiro atoms. The number of nitrogens with zero attached hydrogens (tertiary/aromatic N) is 3. The Balaban J connectivity index is 1.43. The number of imidazole rings is 1. The van der Waals surface area contributed by atoms with Crippen molar-refractivity contribution >= 4 is 5.78 Å². The van der Waals surface area contributed by atoms with Gasteiger partial charge in [-0.05, 0) is 17.5 Å². The van der Waals surface area contributed by atoms with Gasteiger partial charge in [-0.3, -0.25) is 4.79 Å². The lowest BCUT2D eigenvalue weighted by Gasteiger charge is -2.10. The molecule has 0 amide bonds. The van der Waals surface area contributed by atoms with Gasteiger partial charge in [0, 0.05) is 30.9 Å². The fraction of sp³-hybridized carbons (Fsp3) is 0.350. The number of benzene rings is 1. The lowest BCUT2D eigenvalue weighted by Crippen LogP contribution is -2.06. The molecule has 1 aromatic rings. The number of aromatic nitrogens is 3. The van der Waals surface area contributed by atoms with Gasteiger partial charge in [-0.15, -0.1) is 0 Å². The molecule has 1 aromatic carbocycles. The monoisotopic (exact) mass is 319 g/mol. The first-order chi connectivity index (χ1) is 11.8. The third-order valence-electron chi connectivity index (χ3n) is 4.96. The second-order valence-electron chi connectivity index (χ2n) is 6.74.